The average Bonchev–Trinajstić information content (AvgIpc) is 2.68. The summed E-state index contributed by atoms with van der Waals surface area (Å²) in [6, 6.07) is 14.4. The fourth-order valence-electron chi connectivity index (χ4n) is 3.62. The largest absolute Gasteiger partial charge is 0.508 e. The van der Waals surface area contributed by atoms with Crippen LogP contribution in [0.4, 0.5) is 0 Å². The van der Waals surface area contributed by atoms with Crippen LogP contribution in [0.15, 0.2) is 42.5 Å². The van der Waals surface area contributed by atoms with Crippen molar-refractivity contribution >= 4 is 11.6 Å². The number of methoxy groups -OCH3 is 1. The molecule has 2 rings (SSSR count). The molecule has 0 aliphatic carbocycles. The lowest BCUT2D eigenvalue weighted by Gasteiger charge is -2.27. The molecule has 0 aliphatic rings. The van der Waals surface area contributed by atoms with E-state index < -0.39 is 0 Å². The first-order valence-corrected chi connectivity index (χ1v) is 9.90. The topological polar surface area (TPSA) is 41.5 Å². The van der Waals surface area contributed by atoms with Gasteiger partial charge in [0.2, 0.25) is 0 Å². The number of phenols is 1. The minimum absolute atomic E-state index is 0.336. The Labute approximate surface area is 162 Å². The van der Waals surface area contributed by atoms with E-state index in [0.29, 0.717) is 30.0 Å². The quantitative estimate of drug-likeness (QED) is 0.430. The zero-order valence-corrected chi connectivity index (χ0v) is 16.7. The molecule has 0 aromatic heterocycles. The first-order chi connectivity index (χ1) is 12.6. The number of ether oxygens (including phenoxy) is 1. The molecule has 26 heavy (non-hydrogen) atoms. The van der Waals surface area contributed by atoms with Gasteiger partial charge in [0.25, 0.3) is 0 Å². The molecular formula is C22H30ClNO2. The molecular weight excluding hydrogens is 346 g/mol. The van der Waals surface area contributed by atoms with Crippen molar-refractivity contribution in [3.63, 3.8) is 0 Å². The van der Waals surface area contributed by atoms with Crippen LogP contribution in [0, 0.1) is 0 Å². The maximum Gasteiger partial charge on any atom is 0.120 e. The molecule has 142 valence electrons. The molecule has 0 saturated carbocycles. The van der Waals surface area contributed by atoms with Gasteiger partial charge in [-0.15, -0.1) is 11.6 Å². The second kappa shape index (κ2) is 10.4. The Hall–Kier alpha value is -1.71. The molecule has 2 aromatic rings. The van der Waals surface area contributed by atoms with E-state index in [-0.39, 0.29) is 0 Å². The molecule has 0 spiro atoms. The zero-order valence-electron chi connectivity index (χ0n) is 16.0. The molecule has 0 amide bonds. The summed E-state index contributed by atoms with van der Waals surface area (Å²) < 4.78 is 5.29. The molecule has 2 N–H and O–H groups in total. The maximum absolute atomic E-state index is 10.2. The number of benzene rings is 2. The van der Waals surface area contributed by atoms with Gasteiger partial charge in [0.1, 0.15) is 11.5 Å². The van der Waals surface area contributed by atoms with Crippen molar-refractivity contribution in [3.8, 4) is 11.5 Å². The second-order valence-electron chi connectivity index (χ2n) is 6.56. The summed E-state index contributed by atoms with van der Waals surface area (Å²) in [5, 5.41) is 13.4. The van der Waals surface area contributed by atoms with Gasteiger partial charge < -0.3 is 15.2 Å². The third-order valence-corrected chi connectivity index (χ3v) is 5.22. The van der Waals surface area contributed by atoms with Crippen molar-refractivity contribution in [3.05, 3.63) is 59.2 Å². The van der Waals surface area contributed by atoms with Crippen LogP contribution in [0.3, 0.4) is 0 Å². The zero-order chi connectivity index (χ0) is 18.9. The van der Waals surface area contributed by atoms with Crippen molar-refractivity contribution < 1.29 is 9.84 Å². The number of halogens is 1. The highest BCUT2D eigenvalue weighted by atomic mass is 35.5. The van der Waals surface area contributed by atoms with E-state index in [4.69, 9.17) is 16.3 Å². The number of hydrogen-bond donors (Lipinski definition) is 2. The van der Waals surface area contributed by atoms with Gasteiger partial charge in [-0.2, -0.15) is 0 Å². The second-order valence-corrected chi connectivity index (χ2v) is 6.93. The first-order valence-electron chi connectivity index (χ1n) is 9.36. The number of nitrogens with one attached hydrogen (secondary N) is 1. The Morgan fingerprint density at radius 3 is 2.19 bits per heavy atom. The summed E-state index contributed by atoms with van der Waals surface area (Å²) in [6.45, 7) is 5.82. The summed E-state index contributed by atoms with van der Waals surface area (Å²) in [7, 11) is 1.69. The minimum atomic E-state index is 0.336. The maximum atomic E-state index is 10.2. The molecule has 2 aromatic carbocycles. The molecule has 0 aliphatic heterocycles. The van der Waals surface area contributed by atoms with E-state index in [9.17, 15) is 5.11 Å². The van der Waals surface area contributed by atoms with E-state index in [2.05, 4.69) is 43.4 Å². The molecule has 0 fully saturated rings. The first kappa shape index (κ1) is 20.6. The van der Waals surface area contributed by atoms with Gasteiger partial charge in [-0.25, -0.2) is 0 Å². The van der Waals surface area contributed by atoms with Gasteiger partial charge in [-0.05, 0) is 54.0 Å². The van der Waals surface area contributed by atoms with E-state index in [1.54, 1.807) is 7.11 Å². The van der Waals surface area contributed by atoms with Crippen LogP contribution < -0.4 is 10.1 Å². The molecule has 0 unspecified atom stereocenters. The van der Waals surface area contributed by atoms with Crippen LogP contribution in [-0.4, -0.2) is 24.6 Å². The number of phenolic OH excluding ortho intramolecular Hbond substituents is 1. The Balaban J connectivity index is 2.27. The van der Waals surface area contributed by atoms with E-state index in [1.807, 2.05) is 18.2 Å². The minimum Gasteiger partial charge on any atom is -0.508 e. The predicted molar refractivity (Wildman–Crippen MR) is 110 cm³/mol. The normalized spacial score (nSPS) is 13.4. The van der Waals surface area contributed by atoms with Gasteiger partial charge in [0.05, 0.1) is 7.11 Å². The lowest BCUT2D eigenvalue weighted by molar-refractivity contribution is 0.414. The van der Waals surface area contributed by atoms with Gasteiger partial charge in [-0.1, -0.05) is 38.1 Å². The highest BCUT2D eigenvalue weighted by Gasteiger charge is 2.23. The third kappa shape index (κ3) is 5.15. The summed E-state index contributed by atoms with van der Waals surface area (Å²) in [5.41, 5.74) is 3.53. The third-order valence-electron chi connectivity index (χ3n) is 5.03. The Bertz CT molecular complexity index is 672. The SMILES string of the molecule is CC[C@H](c1ccc(OC)cc1)[C@@H](CC)c1ccc(O)c(CNCCCl)c1. The molecule has 0 bridgehead atoms. The van der Waals surface area contributed by atoms with Crippen LogP contribution in [0.5, 0.6) is 11.5 Å². The van der Waals surface area contributed by atoms with Crippen molar-refractivity contribution in [1.82, 2.24) is 5.32 Å². The van der Waals surface area contributed by atoms with Gasteiger partial charge >= 0.3 is 0 Å². The van der Waals surface area contributed by atoms with Crippen molar-refractivity contribution in [2.75, 3.05) is 19.5 Å². The highest BCUT2D eigenvalue weighted by Crippen LogP contribution is 2.39. The molecule has 0 saturated heterocycles. The smallest absolute Gasteiger partial charge is 0.120 e. The number of alkyl halides is 1. The van der Waals surface area contributed by atoms with Crippen molar-refractivity contribution in [1.29, 1.82) is 0 Å². The monoisotopic (exact) mass is 375 g/mol. The number of rotatable bonds is 10. The Morgan fingerprint density at radius 2 is 1.62 bits per heavy atom. The fraction of sp³-hybridized carbons (Fsp3) is 0.455. The van der Waals surface area contributed by atoms with Crippen LogP contribution in [0.2, 0.25) is 0 Å². The van der Waals surface area contributed by atoms with Gasteiger partial charge in [-0.3, -0.25) is 0 Å². The van der Waals surface area contributed by atoms with E-state index in [1.165, 1.54) is 11.1 Å². The summed E-state index contributed by atoms with van der Waals surface area (Å²) >= 11 is 5.73. The van der Waals surface area contributed by atoms with Gasteiger partial charge in [0.15, 0.2) is 0 Å². The summed E-state index contributed by atoms with van der Waals surface area (Å²) in [5.74, 6) is 2.62. The lowest BCUT2D eigenvalue weighted by Crippen LogP contribution is -2.16. The average molecular weight is 376 g/mol. The predicted octanol–water partition coefficient (Wildman–Crippen LogP) is 5.42. The fourth-order valence-corrected chi connectivity index (χ4v) is 3.76. The molecule has 0 heterocycles. The van der Waals surface area contributed by atoms with Gasteiger partial charge in [0, 0.05) is 24.5 Å². The summed E-state index contributed by atoms with van der Waals surface area (Å²) in [6.07, 6.45) is 2.11. The molecule has 0 radical (unpaired) electrons. The number of hydrogen-bond acceptors (Lipinski definition) is 3. The van der Waals surface area contributed by atoms with E-state index >= 15 is 0 Å². The van der Waals surface area contributed by atoms with Crippen LogP contribution in [0.25, 0.3) is 0 Å². The number of aromatic hydroxyl groups is 1. The van der Waals surface area contributed by atoms with Crippen LogP contribution in [-0.2, 0) is 6.54 Å². The Kier molecular flexibility index (Phi) is 8.27. The summed E-state index contributed by atoms with van der Waals surface area (Å²) in [4.78, 5) is 0. The highest BCUT2D eigenvalue weighted by molar-refractivity contribution is 6.18. The van der Waals surface area contributed by atoms with Crippen LogP contribution in [0.1, 0.15) is 55.2 Å². The molecule has 2 atom stereocenters. The standard InChI is InChI=1S/C22H30ClNO2/c1-4-20(16-6-9-19(26-3)10-7-16)21(5-2)17-8-11-22(25)18(14-17)15-24-13-12-23/h6-11,14,20-21,24-25H,4-5,12-13,15H2,1-3H3/t20-,21+/m1/s1. The van der Waals surface area contributed by atoms with Crippen LogP contribution >= 0.6 is 11.6 Å². The lowest BCUT2D eigenvalue weighted by atomic mass is 9.78. The van der Waals surface area contributed by atoms with E-state index in [0.717, 1.165) is 30.7 Å². The van der Waals surface area contributed by atoms with Crippen molar-refractivity contribution in [2.45, 2.75) is 45.1 Å². The Morgan fingerprint density at radius 1 is 1.00 bits per heavy atom. The molecule has 3 nitrogen and oxygen atoms in total. The van der Waals surface area contributed by atoms with Crippen molar-refractivity contribution in [2.24, 2.45) is 0 Å². The molecule has 4 heteroatoms.